The van der Waals surface area contributed by atoms with Gasteiger partial charge in [-0.25, -0.2) is 4.39 Å². The summed E-state index contributed by atoms with van der Waals surface area (Å²) in [5.41, 5.74) is 2.91. The lowest BCUT2D eigenvalue weighted by Gasteiger charge is -2.10. The van der Waals surface area contributed by atoms with Gasteiger partial charge in [-0.05, 0) is 42.0 Å². The lowest BCUT2D eigenvalue weighted by Crippen LogP contribution is -1.99. The van der Waals surface area contributed by atoms with Crippen LogP contribution in [0.25, 0.3) is 17.1 Å². The Bertz CT molecular complexity index is 986. The number of hydrogen-bond donors (Lipinski definition) is 0. The topological polar surface area (TPSA) is 43.6 Å². The van der Waals surface area contributed by atoms with E-state index in [0.717, 1.165) is 27.8 Å². The minimum absolute atomic E-state index is 0.231. The minimum atomic E-state index is -0.231. The van der Waals surface area contributed by atoms with E-state index in [4.69, 9.17) is 0 Å². The molecule has 0 fully saturated rings. The van der Waals surface area contributed by atoms with Gasteiger partial charge in [0, 0.05) is 29.4 Å². The number of halogens is 1. The minimum Gasteiger partial charge on any atom is -0.270 e. The molecule has 128 valence electrons. The lowest BCUT2D eigenvalue weighted by atomic mass is 10.2. The molecule has 2 aromatic heterocycles. The molecule has 2 heterocycles. The summed E-state index contributed by atoms with van der Waals surface area (Å²) in [7, 11) is 0. The van der Waals surface area contributed by atoms with Gasteiger partial charge < -0.3 is 0 Å². The number of nitrogens with zero attached hydrogens (tertiary/aromatic N) is 4. The van der Waals surface area contributed by atoms with E-state index in [0.29, 0.717) is 5.75 Å². The van der Waals surface area contributed by atoms with Crippen molar-refractivity contribution < 1.29 is 4.39 Å². The summed E-state index contributed by atoms with van der Waals surface area (Å²) in [4.78, 5) is 4.18. The maximum atomic E-state index is 13.1. The van der Waals surface area contributed by atoms with Gasteiger partial charge >= 0.3 is 0 Å². The molecule has 0 aliphatic heterocycles. The van der Waals surface area contributed by atoms with Crippen LogP contribution in [0.3, 0.4) is 0 Å². The Hall–Kier alpha value is -2.99. The third-order valence-corrected chi connectivity index (χ3v) is 4.85. The van der Waals surface area contributed by atoms with Gasteiger partial charge in [0.1, 0.15) is 5.82 Å². The van der Waals surface area contributed by atoms with E-state index in [1.807, 2.05) is 47.0 Å². The average molecular weight is 362 g/mol. The number of hydrogen-bond acceptors (Lipinski definition) is 4. The van der Waals surface area contributed by atoms with Crippen LogP contribution in [0.1, 0.15) is 5.56 Å². The van der Waals surface area contributed by atoms with Crippen LogP contribution >= 0.6 is 11.8 Å². The van der Waals surface area contributed by atoms with Crippen molar-refractivity contribution in [3.05, 3.63) is 90.5 Å². The standard InChI is InChI=1S/C20H15FN4S/c21-17-10-8-15(9-11-17)14-26-20-24-23-19(16-5-4-12-22-13-16)25(20)18-6-2-1-3-7-18/h1-13H,14H2. The maximum Gasteiger partial charge on any atom is 0.196 e. The molecule has 0 atom stereocenters. The highest BCUT2D eigenvalue weighted by molar-refractivity contribution is 7.98. The average Bonchev–Trinajstić information content (AvgIpc) is 3.13. The first-order valence-corrected chi connectivity index (χ1v) is 9.08. The molecule has 0 spiro atoms. The van der Waals surface area contributed by atoms with Gasteiger partial charge in [-0.2, -0.15) is 0 Å². The van der Waals surface area contributed by atoms with Crippen molar-refractivity contribution in [1.29, 1.82) is 0 Å². The zero-order valence-electron chi connectivity index (χ0n) is 13.8. The zero-order chi connectivity index (χ0) is 17.8. The first-order valence-electron chi connectivity index (χ1n) is 8.10. The largest absolute Gasteiger partial charge is 0.270 e. The predicted octanol–water partition coefficient (Wildman–Crippen LogP) is 4.76. The van der Waals surface area contributed by atoms with Crippen molar-refractivity contribution in [2.75, 3.05) is 0 Å². The van der Waals surface area contributed by atoms with Gasteiger partial charge in [-0.15, -0.1) is 10.2 Å². The summed E-state index contributed by atoms with van der Waals surface area (Å²) in [6, 6.07) is 20.3. The fraction of sp³-hybridized carbons (Fsp3) is 0.0500. The second kappa shape index (κ2) is 7.49. The third kappa shape index (κ3) is 3.50. The molecule has 4 rings (SSSR count). The van der Waals surface area contributed by atoms with Crippen LogP contribution < -0.4 is 0 Å². The summed E-state index contributed by atoms with van der Waals surface area (Å²) < 4.78 is 15.1. The van der Waals surface area contributed by atoms with E-state index >= 15 is 0 Å². The molecule has 4 aromatic rings. The van der Waals surface area contributed by atoms with E-state index in [1.54, 1.807) is 36.3 Å². The van der Waals surface area contributed by atoms with E-state index in [2.05, 4.69) is 15.2 Å². The van der Waals surface area contributed by atoms with Crippen LogP contribution in [0.15, 0.2) is 84.3 Å². The molecule has 0 saturated heterocycles. The first kappa shape index (κ1) is 16.5. The highest BCUT2D eigenvalue weighted by Crippen LogP contribution is 2.29. The number of para-hydroxylation sites is 1. The summed E-state index contributed by atoms with van der Waals surface area (Å²) >= 11 is 1.56. The Morgan fingerprint density at radius 2 is 1.69 bits per heavy atom. The molecular weight excluding hydrogens is 347 g/mol. The monoisotopic (exact) mass is 362 g/mol. The van der Waals surface area contributed by atoms with Gasteiger partial charge in [0.25, 0.3) is 0 Å². The maximum absolute atomic E-state index is 13.1. The van der Waals surface area contributed by atoms with Gasteiger partial charge in [-0.1, -0.05) is 42.1 Å². The highest BCUT2D eigenvalue weighted by Gasteiger charge is 2.16. The van der Waals surface area contributed by atoms with Crippen molar-refractivity contribution in [2.24, 2.45) is 0 Å². The summed E-state index contributed by atoms with van der Waals surface area (Å²) in [6.07, 6.45) is 3.51. The summed E-state index contributed by atoms with van der Waals surface area (Å²) in [5, 5.41) is 9.53. The highest BCUT2D eigenvalue weighted by atomic mass is 32.2. The van der Waals surface area contributed by atoms with Crippen molar-refractivity contribution in [3.63, 3.8) is 0 Å². The molecule has 0 N–H and O–H groups in total. The van der Waals surface area contributed by atoms with Crippen LogP contribution in [0.2, 0.25) is 0 Å². The van der Waals surface area contributed by atoms with E-state index in [1.165, 1.54) is 12.1 Å². The molecule has 6 heteroatoms. The SMILES string of the molecule is Fc1ccc(CSc2nnc(-c3cccnc3)n2-c2ccccc2)cc1. The molecule has 0 aliphatic rings. The Balaban J connectivity index is 1.70. The van der Waals surface area contributed by atoms with E-state index in [9.17, 15) is 4.39 Å². The van der Waals surface area contributed by atoms with Gasteiger partial charge in [0.15, 0.2) is 11.0 Å². The molecule has 2 aromatic carbocycles. The van der Waals surface area contributed by atoms with Gasteiger partial charge in [-0.3, -0.25) is 9.55 Å². The second-order valence-corrected chi connectivity index (χ2v) is 6.58. The van der Waals surface area contributed by atoms with E-state index in [-0.39, 0.29) is 5.82 Å². The van der Waals surface area contributed by atoms with Gasteiger partial charge in [0.2, 0.25) is 0 Å². The predicted molar refractivity (Wildman–Crippen MR) is 101 cm³/mol. The molecule has 26 heavy (non-hydrogen) atoms. The van der Waals surface area contributed by atoms with Crippen LogP contribution in [0.4, 0.5) is 4.39 Å². The van der Waals surface area contributed by atoms with E-state index < -0.39 is 0 Å². The lowest BCUT2D eigenvalue weighted by molar-refractivity contribution is 0.627. The zero-order valence-corrected chi connectivity index (χ0v) is 14.6. The van der Waals surface area contributed by atoms with Crippen LogP contribution in [-0.2, 0) is 5.75 Å². The van der Waals surface area contributed by atoms with Crippen LogP contribution in [-0.4, -0.2) is 19.7 Å². The summed E-state index contributed by atoms with van der Waals surface area (Å²) in [6.45, 7) is 0. The number of pyridine rings is 1. The number of rotatable bonds is 5. The number of aromatic nitrogens is 4. The molecule has 0 bridgehead atoms. The van der Waals surface area contributed by atoms with Crippen LogP contribution in [0.5, 0.6) is 0 Å². The summed E-state index contributed by atoms with van der Waals surface area (Å²) in [5.74, 6) is 1.19. The molecule has 4 nitrogen and oxygen atoms in total. The Kier molecular flexibility index (Phi) is 4.75. The van der Waals surface area contributed by atoms with Crippen molar-refractivity contribution in [3.8, 4) is 17.1 Å². The molecule has 0 aliphatic carbocycles. The fourth-order valence-corrected chi connectivity index (χ4v) is 3.49. The Labute approximate surface area is 154 Å². The molecule has 0 radical (unpaired) electrons. The molecule has 0 saturated carbocycles. The number of thioether (sulfide) groups is 1. The van der Waals surface area contributed by atoms with Crippen molar-refractivity contribution in [2.45, 2.75) is 10.9 Å². The fourth-order valence-electron chi connectivity index (χ4n) is 2.58. The van der Waals surface area contributed by atoms with Crippen LogP contribution in [0, 0.1) is 5.82 Å². The second-order valence-electron chi connectivity index (χ2n) is 5.63. The number of benzene rings is 2. The Morgan fingerprint density at radius 3 is 2.42 bits per heavy atom. The van der Waals surface area contributed by atoms with Gasteiger partial charge in [0.05, 0.1) is 0 Å². The van der Waals surface area contributed by atoms with Crippen molar-refractivity contribution in [1.82, 2.24) is 19.7 Å². The molecular formula is C20H15FN4S. The smallest absolute Gasteiger partial charge is 0.196 e. The van der Waals surface area contributed by atoms with Crippen molar-refractivity contribution >= 4 is 11.8 Å². The normalized spacial score (nSPS) is 10.8. The third-order valence-electron chi connectivity index (χ3n) is 3.85. The quantitative estimate of drug-likeness (QED) is 0.480. The first-order chi connectivity index (χ1) is 12.8. The molecule has 0 unspecified atom stereocenters. The molecule has 0 amide bonds. The Morgan fingerprint density at radius 1 is 0.885 bits per heavy atom.